The quantitative estimate of drug-likeness (QED) is 0.321. The molecule has 4 heteroatoms. The van der Waals surface area contributed by atoms with Gasteiger partial charge in [-0.2, -0.15) is 4.99 Å². The first-order valence-corrected chi connectivity index (χ1v) is 6.09. The van der Waals surface area contributed by atoms with Crippen molar-refractivity contribution in [1.29, 1.82) is 0 Å². The van der Waals surface area contributed by atoms with Crippen LogP contribution >= 0.6 is 0 Å². The summed E-state index contributed by atoms with van der Waals surface area (Å²) in [6, 6.07) is 7.04. The Morgan fingerprint density at radius 2 is 2.11 bits per heavy atom. The van der Waals surface area contributed by atoms with Gasteiger partial charge in [-0.05, 0) is 12.5 Å². The van der Waals surface area contributed by atoms with E-state index in [0.717, 1.165) is 19.3 Å². The van der Waals surface area contributed by atoms with E-state index in [9.17, 15) is 9.59 Å². The summed E-state index contributed by atoms with van der Waals surface area (Å²) in [6.45, 7) is 2.23. The van der Waals surface area contributed by atoms with Crippen LogP contribution < -0.4 is 0 Å². The van der Waals surface area contributed by atoms with Crippen molar-refractivity contribution >= 4 is 17.7 Å². The van der Waals surface area contributed by atoms with Gasteiger partial charge in [-0.3, -0.25) is 4.79 Å². The highest BCUT2D eigenvalue weighted by atomic mass is 16.5. The Balaban J connectivity index is 2.48. The van der Waals surface area contributed by atoms with Gasteiger partial charge in [0.25, 0.3) is 0 Å². The van der Waals surface area contributed by atoms with Crippen LogP contribution in [0.15, 0.2) is 29.3 Å². The number of ether oxygens (including phenoxy) is 1. The van der Waals surface area contributed by atoms with Gasteiger partial charge in [0.15, 0.2) is 0 Å². The minimum Gasteiger partial charge on any atom is -0.461 e. The topological polar surface area (TPSA) is 55.7 Å². The average molecular weight is 247 g/mol. The van der Waals surface area contributed by atoms with Crippen LogP contribution in [-0.2, 0) is 20.9 Å². The zero-order chi connectivity index (χ0) is 13.2. The Hall–Kier alpha value is -1.93. The van der Waals surface area contributed by atoms with Crippen molar-refractivity contribution in [3.05, 3.63) is 29.8 Å². The lowest BCUT2D eigenvalue weighted by molar-refractivity contribution is -0.145. The summed E-state index contributed by atoms with van der Waals surface area (Å²) in [5.74, 6) is -0.215. The molecule has 1 rings (SSSR count). The van der Waals surface area contributed by atoms with E-state index in [4.69, 9.17) is 4.74 Å². The number of esters is 1. The van der Waals surface area contributed by atoms with E-state index >= 15 is 0 Å². The second-order valence-corrected chi connectivity index (χ2v) is 3.95. The lowest BCUT2D eigenvalue weighted by Crippen LogP contribution is -2.04. The number of aliphatic imine (C=N–C) groups is 1. The monoisotopic (exact) mass is 247 g/mol. The first kappa shape index (κ1) is 14.1. The molecule has 0 aliphatic heterocycles. The smallest absolute Gasteiger partial charge is 0.306 e. The molecular weight excluding hydrogens is 230 g/mol. The van der Waals surface area contributed by atoms with Gasteiger partial charge >= 0.3 is 5.97 Å². The molecular formula is C14H17NO3. The standard InChI is InChI=1S/C14H17NO3/c1-2-3-4-9-14(17)18-10-12-7-5-6-8-13(12)15-11-16/h5-8H,2-4,9-10H2,1H3. The van der Waals surface area contributed by atoms with E-state index in [0.29, 0.717) is 17.7 Å². The van der Waals surface area contributed by atoms with E-state index in [1.807, 2.05) is 6.07 Å². The maximum absolute atomic E-state index is 11.4. The molecule has 0 radical (unpaired) electrons. The summed E-state index contributed by atoms with van der Waals surface area (Å²) in [5.41, 5.74) is 1.21. The third-order valence-corrected chi connectivity index (χ3v) is 2.53. The van der Waals surface area contributed by atoms with E-state index < -0.39 is 0 Å². The molecule has 0 saturated heterocycles. The highest BCUT2D eigenvalue weighted by Crippen LogP contribution is 2.19. The molecule has 0 N–H and O–H groups in total. The number of hydrogen-bond donors (Lipinski definition) is 0. The Morgan fingerprint density at radius 1 is 1.33 bits per heavy atom. The first-order valence-electron chi connectivity index (χ1n) is 6.09. The summed E-state index contributed by atoms with van der Waals surface area (Å²) >= 11 is 0. The highest BCUT2D eigenvalue weighted by molar-refractivity contribution is 5.69. The number of carbonyl (C=O) groups excluding carboxylic acids is 2. The summed E-state index contributed by atoms with van der Waals surface area (Å²) in [5, 5.41) is 0. The predicted molar refractivity (Wildman–Crippen MR) is 68.2 cm³/mol. The SMILES string of the molecule is CCCCCC(=O)OCc1ccccc1N=C=O. The summed E-state index contributed by atoms with van der Waals surface area (Å²) in [6.07, 6.45) is 4.88. The van der Waals surface area contributed by atoms with Gasteiger partial charge in [-0.25, -0.2) is 4.79 Å². The number of benzene rings is 1. The molecule has 0 aliphatic rings. The van der Waals surface area contributed by atoms with Crippen molar-refractivity contribution < 1.29 is 14.3 Å². The second kappa shape index (κ2) is 8.20. The maximum atomic E-state index is 11.4. The van der Waals surface area contributed by atoms with Gasteiger partial charge < -0.3 is 4.74 Å². The number of carbonyl (C=O) groups is 1. The largest absolute Gasteiger partial charge is 0.461 e. The van der Waals surface area contributed by atoms with Crippen LogP contribution in [-0.4, -0.2) is 12.0 Å². The first-order chi connectivity index (χ1) is 8.77. The van der Waals surface area contributed by atoms with E-state index in [2.05, 4.69) is 11.9 Å². The molecule has 18 heavy (non-hydrogen) atoms. The Bertz CT molecular complexity index is 436. The lowest BCUT2D eigenvalue weighted by Gasteiger charge is -2.06. The number of hydrogen-bond acceptors (Lipinski definition) is 4. The van der Waals surface area contributed by atoms with Gasteiger partial charge in [0.1, 0.15) is 6.61 Å². The number of unbranched alkanes of at least 4 members (excludes halogenated alkanes) is 2. The normalized spacial score (nSPS) is 9.61. The summed E-state index contributed by atoms with van der Waals surface area (Å²) in [7, 11) is 0. The van der Waals surface area contributed by atoms with Crippen molar-refractivity contribution in [2.45, 2.75) is 39.2 Å². The maximum Gasteiger partial charge on any atom is 0.306 e. The molecule has 1 aromatic carbocycles. The minimum atomic E-state index is -0.215. The van der Waals surface area contributed by atoms with Crippen LogP contribution in [0.5, 0.6) is 0 Å². The van der Waals surface area contributed by atoms with Crippen molar-refractivity contribution in [2.24, 2.45) is 4.99 Å². The molecule has 0 aliphatic carbocycles. The van der Waals surface area contributed by atoms with Gasteiger partial charge in [0.05, 0.1) is 5.69 Å². The van der Waals surface area contributed by atoms with Gasteiger partial charge in [-0.15, -0.1) is 0 Å². The van der Waals surface area contributed by atoms with Crippen LogP contribution in [0.25, 0.3) is 0 Å². The predicted octanol–water partition coefficient (Wildman–Crippen LogP) is 3.28. The lowest BCUT2D eigenvalue weighted by atomic mass is 10.2. The number of para-hydroxylation sites is 1. The number of rotatable bonds is 7. The number of isocyanates is 1. The highest BCUT2D eigenvalue weighted by Gasteiger charge is 2.05. The Kier molecular flexibility index (Phi) is 6.44. The molecule has 0 heterocycles. The molecule has 0 saturated carbocycles. The number of nitrogens with zero attached hydrogens (tertiary/aromatic N) is 1. The molecule has 1 aromatic rings. The summed E-state index contributed by atoms with van der Waals surface area (Å²) < 4.78 is 5.13. The minimum absolute atomic E-state index is 0.145. The zero-order valence-corrected chi connectivity index (χ0v) is 10.5. The fraction of sp³-hybridized carbons (Fsp3) is 0.429. The molecule has 0 amide bonds. The third kappa shape index (κ3) is 4.93. The molecule has 0 unspecified atom stereocenters. The molecule has 96 valence electrons. The average Bonchev–Trinajstić information content (AvgIpc) is 2.38. The van der Waals surface area contributed by atoms with Crippen LogP contribution in [0.2, 0.25) is 0 Å². The van der Waals surface area contributed by atoms with Crippen LogP contribution in [0.1, 0.15) is 38.2 Å². The van der Waals surface area contributed by atoms with E-state index in [1.165, 1.54) is 6.08 Å². The molecule has 4 nitrogen and oxygen atoms in total. The zero-order valence-electron chi connectivity index (χ0n) is 10.5. The van der Waals surface area contributed by atoms with E-state index in [-0.39, 0.29) is 12.6 Å². The molecule has 0 atom stereocenters. The second-order valence-electron chi connectivity index (χ2n) is 3.95. The van der Waals surface area contributed by atoms with Crippen LogP contribution in [0.4, 0.5) is 5.69 Å². The van der Waals surface area contributed by atoms with Crippen LogP contribution in [0, 0.1) is 0 Å². The Labute approximate surface area is 107 Å². The third-order valence-electron chi connectivity index (χ3n) is 2.53. The van der Waals surface area contributed by atoms with Gasteiger partial charge in [0.2, 0.25) is 6.08 Å². The summed E-state index contributed by atoms with van der Waals surface area (Å²) in [4.78, 5) is 25.2. The molecule has 0 bridgehead atoms. The van der Waals surface area contributed by atoms with Crippen molar-refractivity contribution in [1.82, 2.24) is 0 Å². The molecule has 0 aromatic heterocycles. The van der Waals surface area contributed by atoms with Crippen molar-refractivity contribution in [3.8, 4) is 0 Å². The van der Waals surface area contributed by atoms with E-state index in [1.54, 1.807) is 18.2 Å². The fourth-order valence-corrected chi connectivity index (χ4v) is 1.54. The molecule has 0 spiro atoms. The van der Waals surface area contributed by atoms with Gasteiger partial charge in [0, 0.05) is 12.0 Å². The van der Waals surface area contributed by atoms with Crippen molar-refractivity contribution in [3.63, 3.8) is 0 Å². The Morgan fingerprint density at radius 3 is 2.83 bits per heavy atom. The van der Waals surface area contributed by atoms with Crippen LogP contribution in [0.3, 0.4) is 0 Å². The van der Waals surface area contributed by atoms with Crippen molar-refractivity contribution in [2.75, 3.05) is 0 Å². The molecule has 0 fully saturated rings. The van der Waals surface area contributed by atoms with Gasteiger partial charge in [-0.1, -0.05) is 38.0 Å². The fourth-order valence-electron chi connectivity index (χ4n) is 1.54.